The Morgan fingerprint density at radius 1 is 0.750 bits per heavy atom. The lowest BCUT2D eigenvalue weighted by atomic mass is 9.75. The number of rotatable bonds is 8. The summed E-state index contributed by atoms with van der Waals surface area (Å²) >= 11 is 7.33. The zero-order valence-corrected chi connectivity index (χ0v) is 30.4. The molecule has 246 valence electrons. The molecule has 4 aromatic carbocycles. The first-order valence-corrected chi connectivity index (χ1v) is 18.6. The predicted molar refractivity (Wildman–Crippen MR) is 208 cm³/mol. The fourth-order valence-corrected chi connectivity index (χ4v) is 9.19. The normalized spacial score (nSPS) is 24.3. The molecule has 0 fully saturated rings. The van der Waals surface area contributed by atoms with Crippen molar-refractivity contribution >= 4 is 50.2 Å². The monoisotopic (exact) mass is 653 g/mol. The molecule has 7 rings (SSSR count). The quantitative estimate of drug-likeness (QED) is 0.171. The van der Waals surface area contributed by atoms with Gasteiger partial charge in [0, 0.05) is 52.5 Å². The summed E-state index contributed by atoms with van der Waals surface area (Å²) in [5, 5.41) is 6.30. The molecule has 0 radical (unpaired) electrons. The number of hydrogen-bond donors (Lipinski definition) is 0. The minimum Gasteiger partial charge on any atom is -0.344 e. The third-order valence-electron chi connectivity index (χ3n) is 11.7. The second-order valence-corrected chi connectivity index (χ2v) is 14.7. The maximum atomic E-state index is 7.33. The Kier molecular flexibility index (Phi) is 8.75. The fourth-order valence-electron chi connectivity index (χ4n) is 8.88. The Balaban J connectivity index is 1.28. The third kappa shape index (κ3) is 5.02. The molecule has 0 amide bonds. The number of halogens is 1. The summed E-state index contributed by atoms with van der Waals surface area (Å²) < 4.78 is 2.58. The Labute approximate surface area is 292 Å². The van der Waals surface area contributed by atoms with Gasteiger partial charge in [0.2, 0.25) is 5.69 Å². The minimum atomic E-state index is -0.0670. The van der Waals surface area contributed by atoms with Crippen molar-refractivity contribution in [3.05, 3.63) is 130 Å². The van der Waals surface area contributed by atoms with E-state index in [1.807, 2.05) is 0 Å². The van der Waals surface area contributed by atoms with Crippen LogP contribution in [0.4, 0.5) is 11.4 Å². The maximum Gasteiger partial charge on any atom is 0.210 e. The number of likely N-dealkylation sites (N-methyl/N-ethyl adjacent to an activating group) is 1. The molecule has 3 aliphatic rings. The summed E-state index contributed by atoms with van der Waals surface area (Å²) in [6.45, 7) is 16.0. The molecule has 0 spiro atoms. The largest absolute Gasteiger partial charge is 0.344 e. The van der Waals surface area contributed by atoms with Gasteiger partial charge in [-0.3, -0.25) is 0 Å². The summed E-state index contributed by atoms with van der Waals surface area (Å²) in [4.78, 5) is 2.52. The second-order valence-electron chi connectivity index (χ2n) is 14.3. The van der Waals surface area contributed by atoms with E-state index in [2.05, 4.69) is 148 Å². The zero-order chi connectivity index (χ0) is 33.6. The molecule has 0 saturated carbocycles. The van der Waals surface area contributed by atoms with Crippen LogP contribution in [0.15, 0.2) is 119 Å². The number of allylic oxidation sites excluding steroid dienone is 8. The third-order valence-corrected chi connectivity index (χ3v) is 12.2. The average molecular weight is 654 g/mol. The van der Waals surface area contributed by atoms with E-state index in [1.54, 1.807) is 0 Å². The van der Waals surface area contributed by atoms with Crippen LogP contribution in [0.5, 0.6) is 0 Å². The van der Waals surface area contributed by atoms with Gasteiger partial charge < -0.3 is 4.90 Å². The van der Waals surface area contributed by atoms with Crippen LogP contribution in [0.2, 0.25) is 0 Å². The van der Waals surface area contributed by atoms with Crippen molar-refractivity contribution in [1.29, 1.82) is 0 Å². The molecule has 1 aliphatic carbocycles. The Morgan fingerprint density at radius 3 is 2.08 bits per heavy atom. The molecule has 0 N–H and O–H groups in total. The van der Waals surface area contributed by atoms with Crippen LogP contribution in [0.1, 0.15) is 91.2 Å². The number of nitrogens with zero attached hydrogens (tertiary/aromatic N) is 2. The van der Waals surface area contributed by atoms with Crippen molar-refractivity contribution in [3.63, 3.8) is 0 Å². The Bertz CT molecular complexity index is 2070. The van der Waals surface area contributed by atoms with Crippen molar-refractivity contribution in [2.45, 2.75) is 90.9 Å². The van der Waals surface area contributed by atoms with E-state index in [1.165, 1.54) is 66.6 Å². The fraction of sp³-hybridized carbons (Fsp3) is 0.356. The smallest absolute Gasteiger partial charge is 0.210 e. The summed E-state index contributed by atoms with van der Waals surface area (Å²) in [5.41, 5.74) is 10.8. The van der Waals surface area contributed by atoms with Gasteiger partial charge in [-0.2, -0.15) is 4.58 Å². The molecule has 2 nitrogen and oxygen atoms in total. The summed E-state index contributed by atoms with van der Waals surface area (Å²) in [6.07, 6.45) is 15.8. The SMILES string of the molecule is CCC[N+]1=C(/C=C/C2=C(Cl)C(=C/C=C3/N(CC)c4ccc5ccccc5c4C3(C)CC)/CCC2)C(C)(CC)c2c1ccc1ccccc21. The van der Waals surface area contributed by atoms with Crippen LogP contribution in [0, 0.1) is 0 Å². The van der Waals surface area contributed by atoms with E-state index in [0.29, 0.717) is 0 Å². The Morgan fingerprint density at radius 2 is 1.42 bits per heavy atom. The molecule has 0 bridgehead atoms. The van der Waals surface area contributed by atoms with Crippen molar-refractivity contribution in [1.82, 2.24) is 0 Å². The first-order valence-electron chi connectivity index (χ1n) is 18.3. The highest BCUT2D eigenvalue weighted by Gasteiger charge is 2.47. The number of anilines is 1. The number of benzene rings is 4. The average Bonchev–Trinajstić information content (AvgIpc) is 3.52. The zero-order valence-electron chi connectivity index (χ0n) is 29.7. The van der Waals surface area contributed by atoms with E-state index in [4.69, 9.17) is 11.6 Å². The van der Waals surface area contributed by atoms with Crippen LogP contribution in [0.3, 0.4) is 0 Å². The summed E-state index contributed by atoms with van der Waals surface area (Å²) in [6, 6.07) is 27.0. The molecule has 0 saturated heterocycles. The highest BCUT2D eigenvalue weighted by molar-refractivity contribution is 6.32. The van der Waals surface area contributed by atoms with Gasteiger partial charge in [-0.1, -0.05) is 99.1 Å². The lowest BCUT2D eigenvalue weighted by Crippen LogP contribution is -2.30. The summed E-state index contributed by atoms with van der Waals surface area (Å²) in [5.74, 6) is 0. The minimum absolute atomic E-state index is 0.0669. The van der Waals surface area contributed by atoms with Gasteiger partial charge in [-0.25, -0.2) is 0 Å². The lowest BCUT2D eigenvalue weighted by molar-refractivity contribution is -0.437. The molecular formula is C45H50ClN2+. The number of hydrogen-bond acceptors (Lipinski definition) is 1. The molecular weight excluding hydrogens is 604 g/mol. The highest BCUT2D eigenvalue weighted by atomic mass is 35.5. The van der Waals surface area contributed by atoms with Gasteiger partial charge in [0.25, 0.3) is 0 Å². The molecule has 2 aliphatic heterocycles. The predicted octanol–water partition coefficient (Wildman–Crippen LogP) is 12.4. The molecule has 2 atom stereocenters. The molecule has 2 heterocycles. The molecule has 2 unspecified atom stereocenters. The van der Waals surface area contributed by atoms with E-state index in [0.717, 1.165) is 56.6 Å². The van der Waals surface area contributed by atoms with Crippen molar-refractivity contribution in [2.24, 2.45) is 0 Å². The van der Waals surface area contributed by atoms with Crippen molar-refractivity contribution in [2.75, 3.05) is 18.0 Å². The van der Waals surface area contributed by atoms with Crippen LogP contribution < -0.4 is 4.90 Å². The first kappa shape index (κ1) is 32.7. The first-order chi connectivity index (χ1) is 23.3. The van der Waals surface area contributed by atoms with Gasteiger partial charge in [-0.05, 0) is 109 Å². The summed E-state index contributed by atoms with van der Waals surface area (Å²) in [7, 11) is 0. The van der Waals surface area contributed by atoms with Crippen LogP contribution >= 0.6 is 11.6 Å². The van der Waals surface area contributed by atoms with Gasteiger partial charge in [0.05, 0.1) is 5.41 Å². The van der Waals surface area contributed by atoms with E-state index in [9.17, 15) is 0 Å². The molecule has 48 heavy (non-hydrogen) atoms. The standard InChI is InChI=1S/C45H50ClN2/c1-7-30-48-38-27-23-32-17-12-14-21-36(32)42(38)45(6,9-3)40(48)29-25-34-19-15-18-33(43(34)46)24-28-39-44(5,8-2)41-35-20-13-11-16-31(35)22-26-37(41)47(39)10-4/h11-14,16-17,20-29H,7-10,15,18-19,30H2,1-6H3/q+1. The molecule has 4 aromatic rings. The van der Waals surface area contributed by atoms with E-state index >= 15 is 0 Å². The van der Waals surface area contributed by atoms with Gasteiger partial charge >= 0.3 is 0 Å². The van der Waals surface area contributed by atoms with E-state index < -0.39 is 0 Å². The second kappa shape index (κ2) is 12.9. The maximum absolute atomic E-state index is 7.33. The van der Waals surface area contributed by atoms with E-state index in [-0.39, 0.29) is 10.8 Å². The molecule has 3 heteroatoms. The van der Waals surface area contributed by atoms with Crippen molar-refractivity contribution < 1.29 is 4.58 Å². The lowest BCUT2D eigenvalue weighted by Gasteiger charge is -2.29. The van der Waals surface area contributed by atoms with Gasteiger partial charge in [-0.15, -0.1) is 0 Å². The van der Waals surface area contributed by atoms with Crippen LogP contribution in [-0.4, -0.2) is 23.4 Å². The van der Waals surface area contributed by atoms with Gasteiger partial charge in [0.15, 0.2) is 5.71 Å². The van der Waals surface area contributed by atoms with Crippen molar-refractivity contribution in [3.8, 4) is 0 Å². The topological polar surface area (TPSA) is 6.25 Å². The van der Waals surface area contributed by atoms with Gasteiger partial charge in [0.1, 0.15) is 6.54 Å². The highest BCUT2D eigenvalue weighted by Crippen LogP contribution is 2.53. The van der Waals surface area contributed by atoms with Crippen LogP contribution in [-0.2, 0) is 10.8 Å². The molecule has 0 aromatic heterocycles. The number of fused-ring (bicyclic) bond motifs is 6. The Hall–Kier alpha value is -3.88. The van der Waals surface area contributed by atoms with Crippen LogP contribution in [0.25, 0.3) is 21.5 Å².